The van der Waals surface area contributed by atoms with E-state index < -0.39 is 0 Å². The molecule has 0 radical (unpaired) electrons. The van der Waals surface area contributed by atoms with E-state index in [0.29, 0.717) is 18.1 Å². The molecule has 0 amide bonds. The SMILES string of the molecule is COc1ccc(C)cc1C(C)NC(C)CC1CCCN1. The number of hydrogen-bond donors (Lipinski definition) is 2. The summed E-state index contributed by atoms with van der Waals surface area (Å²) in [6.45, 7) is 7.80. The lowest BCUT2D eigenvalue weighted by Gasteiger charge is -2.24. The lowest BCUT2D eigenvalue weighted by Crippen LogP contribution is -2.35. The second-order valence-electron chi connectivity index (χ2n) is 6.06. The summed E-state index contributed by atoms with van der Waals surface area (Å²) in [5, 5.41) is 7.27. The van der Waals surface area contributed by atoms with Crippen molar-refractivity contribution in [2.24, 2.45) is 0 Å². The van der Waals surface area contributed by atoms with Gasteiger partial charge in [0.15, 0.2) is 0 Å². The van der Waals surface area contributed by atoms with E-state index in [1.807, 2.05) is 0 Å². The van der Waals surface area contributed by atoms with Crippen molar-refractivity contribution in [1.82, 2.24) is 10.6 Å². The maximum absolute atomic E-state index is 5.48. The van der Waals surface area contributed by atoms with Crippen molar-refractivity contribution >= 4 is 0 Å². The molecule has 1 saturated heterocycles. The Morgan fingerprint density at radius 3 is 2.85 bits per heavy atom. The van der Waals surface area contributed by atoms with Crippen molar-refractivity contribution in [3.05, 3.63) is 29.3 Å². The molecule has 3 unspecified atom stereocenters. The largest absolute Gasteiger partial charge is 0.496 e. The third kappa shape index (κ3) is 3.97. The number of aryl methyl sites for hydroxylation is 1. The summed E-state index contributed by atoms with van der Waals surface area (Å²) in [6, 6.07) is 7.88. The van der Waals surface area contributed by atoms with Gasteiger partial charge in [-0.2, -0.15) is 0 Å². The first-order chi connectivity index (χ1) is 9.60. The van der Waals surface area contributed by atoms with Gasteiger partial charge >= 0.3 is 0 Å². The number of rotatable bonds is 6. The molecule has 0 saturated carbocycles. The molecule has 1 aliphatic rings. The molecule has 0 aromatic heterocycles. The van der Waals surface area contributed by atoms with Crippen LogP contribution in [0.2, 0.25) is 0 Å². The fourth-order valence-corrected chi connectivity index (χ4v) is 3.16. The first-order valence-electron chi connectivity index (χ1n) is 7.74. The summed E-state index contributed by atoms with van der Waals surface area (Å²) in [6.07, 6.45) is 3.82. The van der Waals surface area contributed by atoms with Crippen LogP contribution < -0.4 is 15.4 Å². The van der Waals surface area contributed by atoms with E-state index in [1.165, 1.54) is 36.9 Å². The molecular weight excluding hydrogens is 248 g/mol. The molecule has 0 aliphatic carbocycles. The molecule has 1 aliphatic heterocycles. The molecule has 1 aromatic rings. The highest BCUT2D eigenvalue weighted by molar-refractivity contribution is 5.38. The maximum atomic E-state index is 5.48. The molecule has 2 N–H and O–H groups in total. The summed E-state index contributed by atoms with van der Waals surface area (Å²) in [7, 11) is 1.74. The van der Waals surface area contributed by atoms with Gasteiger partial charge < -0.3 is 15.4 Å². The van der Waals surface area contributed by atoms with Crippen molar-refractivity contribution in [1.29, 1.82) is 0 Å². The van der Waals surface area contributed by atoms with Crippen molar-refractivity contribution < 1.29 is 4.74 Å². The first kappa shape index (κ1) is 15.3. The maximum Gasteiger partial charge on any atom is 0.123 e. The first-order valence-corrected chi connectivity index (χ1v) is 7.74. The summed E-state index contributed by atoms with van der Waals surface area (Å²) >= 11 is 0. The lowest BCUT2D eigenvalue weighted by molar-refractivity contribution is 0.381. The zero-order chi connectivity index (χ0) is 14.5. The summed E-state index contributed by atoms with van der Waals surface area (Å²) in [4.78, 5) is 0. The molecule has 1 heterocycles. The minimum atomic E-state index is 0.307. The predicted octanol–water partition coefficient (Wildman–Crippen LogP) is 3.18. The molecule has 3 heteroatoms. The van der Waals surface area contributed by atoms with E-state index in [0.717, 1.165) is 5.75 Å². The molecule has 2 rings (SSSR count). The Labute approximate surface area is 123 Å². The van der Waals surface area contributed by atoms with Gasteiger partial charge in [0, 0.05) is 23.7 Å². The second-order valence-corrected chi connectivity index (χ2v) is 6.06. The fourth-order valence-electron chi connectivity index (χ4n) is 3.16. The highest BCUT2D eigenvalue weighted by Crippen LogP contribution is 2.26. The number of benzene rings is 1. The Balaban J connectivity index is 1.96. The highest BCUT2D eigenvalue weighted by atomic mass is 16.5. The van der Waals surface area contributed by atoms with E-state index in [9.17, 15) is 0 Å². The van der Waals surface area contributed by atoms with Crippen LogP contribution in [0.25, 0.3) is 0 Å². The van der Waals surface area contributed by atoms with Gasteiger partial charge in [0.25, 0.3) is 0 Å². The minimum absolute atomic E-state index is 0.307. The normalized spacial score (nSPS) is 21.7. The van der Waals surface area contributed by atoms with Crippen LogP contribution in [-0.4, -0.2) is 25.7 Å². The number of hydrogen-bond acceptors (Lipinski definition) is 3. The van der Waals surface area contributed by atoms with Crippen molar-refractivity contribution in [2.75, 3.05) is 13.7 Å². The third-order valence-electron chi connectivity index (χ3n) is 4.19. The van der Waals surface area contributed by atoms with Gasteiger partial charge in [-0.1, -0.05) is 17.7 Å². The molecule has 1 fully saturated rings. The Morgan fingerprint density at radius 1 is 1.40 bits per heavy atom. The topological polar surface area (TPSA) is 33.3 Å². The number of methoxy groups -OCH3 is 1. The van der Waals surface area contributed by atoms with Gasteiger partial charge in [-0.05, 0) is 52.6 Å². The van der Waals surface area contributed by atoms with E-state index >= 15 is 0 Å². The van der Waals surface area contributed by atoms with Crippen LogP contribution in [-0.2, 0) is 0 Å². The van der Waals surface area contributed by atoms with Gasteiger partial charge in [0.05, 0.1) is 7.11 Å². The van der Waals surface area contributed by atoms with Gasteiger partial charge in [-0.3, -0.25) is 0 Å². The van der Waals surface area contributed by atoms with Crippen molar-refractivity contribution in [3.8, 4) is 5.75 Å². The van der Waals surface area contributed by atoms with Gasteiger partial charge in [-0.25, -0.2) is 0 Å². The zero-order valence-electron chi connectivity index (χ0n) is 13.2. The van der Waals surface area contributed by atoms with Crippen LogP contribution >= 0.6 is 0 Å². The van der Waals surface area contributed by atoms with Crippen molar-refractivity contribution in [2.45, 2.75) is 58.2 Å². The average molecular weight is 276 g/mol. The van der Waals surface area contributed by atoms with Crippen LogP contribution in [0.15, 0.2) is 18.2 Å². The highest BCUT2D eigenvalue weighted by Gasteiger charge is 2.19. The Kier molecular flexibility index (Phi) is 5.44. The second kappa shape index (κ2) is 7.09. The minimum Gasteiger partial charge on any atom is -0.496 e. The zero-order valence-corrected chi connectivity index (χ0v) is 13.2. The molecular formula is C17H28N2O. The smallest absolute Gasteiger partial charge is 0.123 e. The summed E-state index contributed by atoms with van der Waals surface area (Å²) in [5.74, 6) is 0.974. The Bertz CT molecular complexity index is 427. The monoisotopic (exact) mass is 276 g/mol. The van der Waals surface area contributed by atoms with E-state index in [-0.39, 0.29) is 0 Å². The lowest BCUT2D eigenvalue weighted by atomic mass is 10.0. The average Bonchev–Trinajstić information content (AvgIpc) is 2.91. The molecule has 3 nitrogen and oxygen atoms in total. The van der Waals surface area contributed by atoms with Crippen LogP contribution in [0.5, 0.6) is 5.75 Å². The van der Waals surface area contributed by atoms with E-state index in [4.69, 9.17) is 4.74 Å². The fraction of sp³-hybridized carbons (Fsp3) is 0.647. The van der Waals surface area contributed by atoms with Crippen LogP contribution in [0.1, 0.15) is 50.3 Å². The van der Waals surface area contributed by atoms with Gasteiger partial charge in [0.2, 0.25) is 0 Å². The van der Waals surface area contributed by atoms with E-state index in [1.54, 1.807) is 7.11 Å². The molecule has 112 valence electrons. The van der Waals surface area contributed by atoms with E-state index in [2.05, 4.69) is 49.6 Å². The van der Waals surface area contributed by atoms with Gasteiger partial charge in [0.1, 0.15) is 5.75 Å². The van der Waals surface area contributed by atoms with Crippen LogP contribution in [0.4, 0.5) is 0 Å². The molecule has 0 spiro atoms. The predicted molar refractivity (Wildman–Crippen MR) is 84.4 cm³/mol. The molecule has 0 bridgehead atoms. The molecule has 3 atom stereocenters. The Morgan fingerprint density at radius 2 is 2.20 bits per heavy atom. The summed E-state index contributed by atoms with van der Waals surface area (Å²) < 4.78 is 5.48. The molecule has 1 aromatic carbocycles. The standard InChI is InChI=1S/C17H28N2O/c1-12-7-8-17(20-4)16(10-12)14(3)19-13(2)11-15-6-5-9-18-15/h7-8,10,13-15,18-19H,5-6,9,11H2,1-4H3. The van der Waals surface area contributed by atoms with Crippen molar-refractivity contribution in [3.63, 3.8) is 0 Å². The third-order valence-corrected chi connectivity index (χ3v) is 4.19. The molecule has 20 heavy (non-hydrogen) atoms. The van der Waals surface area contributed by atoms with Crippen LogP contribution in [0, 0.1) is 6.92 Å². The summed E-state index contributed by atoms with van der Waals surface area (Å²) in [5.41, 5.74) is 2.53. The quantitative estimate of drug-likeness (QED) is 0.837. The number of ether oxygens (including phenoxy) is 1. The Hall–Kier alpha value is -1.06. The van der Waals surface area contributed by atoms with Gasteiger partial charge in [-0.15, -0.1) is 0 Å². The van der Waals surface area contributed by atoms with Crippen LogP contribution in [0.3, 0.4) is 0 Å². The number of nitrogens with one attached hydrogen (secondary N) is 2.